The van der Waals surface area contributed by atoms with E-state index in [2.05, 4.69) is 21.6 Å². The maximum absolute atomic E-state index is 12.9. The summed E-state index contributed by atoms with van der Waals surface area (Å²) < 4.78 is 19.6. The molecule has 8 nitrogen and oxygen atoms in total. The Labute approximate surface area is 160 Å². The Hall–Kier alpha value is -2.80. The van der Waals surface area contributed by atoms with Crippen molar-refractivity contribution in [1.29, 1.82) is 5.26 Å². The van der Waals surface area contributed by atoms with Gasteiger partial charge in [-0.2, -0.15) is 5.26 Å². The van der Waals surface area contributed by atoms with Gasteiger partial charge in [-0.05, 0) is 37.1 Å². The van der Waals surface area contributed by atoms with Crippen molar-refractivity contribution in [3.05, 3.63) is 35.9 Å². The van der Waals surface area contributed by atoms with E-state index in [1.54, 1.807) is 6.92 Å². The monoisotopic (exact) mass is 392 g/mol. The van der Waals surface area contributed by atoms with Gasteiger partial charge in [-0.1, -0.05) is 25.6 Å². The number of benzene rings is 1. The molecule has 1 heterocycles. The summed E-state index contributed by atoms with van der Waals surface area (Å²) in [6, 6.07) is 7.68. The summed E-state index contributed by atoms with van der Waals surface area (Å²) in [5.74, 6) is 6.10. The van der Waals surface area contributed by atoms with Gasteiger partial charge in [-0.15, -0.1) is 10.2 Å². The lowest BCUT2D eigenvalue weighted by Gasteiger charge is -2.27. The van der Waals surface area contributed by atoms with E-state index >= 15 is 0 Å². The summed E-state index contributed by atoms with van der Waals surface area (Å²) in [4.78, 5) is 12.1. The standard InChI is InChI=1S/C17H21FN6O2S/c1-11(2)17(3,10-19)21-15(25)9-27-16-23-22-14(24(16)20)8-26-13-6-4-12(18)5-7-13/h4-7,11H,8-9,20H2,1-3H3,(H,21,25)/t17-/m1/s1. The molecule has 10 heteroatoms. The Morgan fingerprint density at radius 2 is 2.11 bits per heavy atom. The molecule has 144 valence electrons. The molecular formula is C17H21FN6O2S. The highest BCUT2D eigenvalue weighted by atomic mass is 32.2. The first-order valence-electron chi connectivity index (χ1n) is 8.18. The van der Waals surface area contributed by atoms with E-state index in [1.165, 1.54) is 28.9 Å². The Balaban J connectivity index is 1.90. The number of nitrogens with two attached hydrogens (primary N) is 1. The van der Waals surface area contributed by atoms with Crippen LogP contribution in [0.3, 0.4) is 0 Å². The van der Waals surface area contributed by atoms with E-state index in [4.69, 9.17) is 10.6 Å². The second-order valence-corrected chi connectivity index (χ2v) is 7.26. The van der Waals surface area contributed by atoms with Gasteiger partial charge in [0.25, 0.3) is 0 Å². The molecule has 1 aromatic heterocycles. The smallest absolute Gasteiger partial charge is 0.231 e. The van der Waals surface area contributed by atoms with Gasteiger partial charge in [0.05, 0.1) is 11.8 Å². The summed E-state index contributed by atoms with van der Waals surface area (Å²) in [6.07, 6.45) is 0. The molecular weight excluding hydrogens is 371 g/mol. The Kier molecular flexibility index (Phi) is 6.63. The molecule has 2 rings (SSSR count). The molecule has 1 amide bonds. The fourth-order valence-corrected chi connectivity index (χ4v) is 2.62. The predicted octanol–water partition coefficient (Wildman–Crippen LogP) is 1.86. The lowest BCUT2D eigenvalue weighted by Crippen LogP contribution is -2.49. The number of aromatic nitrogens is 3. The number of halogens is 1. The van der Waals surface area contributed by atoms with Gasteiger partial charge >= 0.3 is 0 Å². The van der Waals surface area contributed by atoms with E-state index < -0.39 is 5.54 Å². The van der Waals surface area contributed by atoms with Crippen LogP contribution >= 0.6 is 11.8 Å². The second-order valence-electron chi connectivity index (χ2n) is 6.32. The van der Waals surface area contributed by atoms with Crippen molar-refractivity contribution in [3.63, 3.8) is 0 Å². The molecule has 0 saturated heterocycles. The van der Waals surface area contributed by atoms with Gasteiger partial charge in [0, 0.05) is 0 Å². The fraction of sp³-hybridized carbons (Fsp3) is 0.412. The first-order chi connectivity index (χ1) is 12.7. The topological polar surface area (TPSA) is 119 Å². The van der Waals surface area contributed by atoms with Crippen LogP contribution in [0, 0.1) is 23.1 Å². The van der Waals surface area contributed by atoms with Gasteiger partial charge in [0.2, 0.25) is 11.1 Å². The Morgan fingerprint density at radius 3 is 2.70 bits per heavy atom. The minimum absolute atomic E-state index is 0.0372. The van der Waals surface area contributed by atoms with Crippen molar-refractivity contribution in [1.82, 2.24) is 20.2 Å². The first kappa shape index (κ1) is 20.5. The van der Waals surface area contributed by atoms with Crippen LogP contribution in [0.1, 0.15) is 26.6 Å². The number of thioether (sulfide) groups is 1. The van der Waals surface area contributed by atoms with Crippen molar-refractivity contribution in [2.45, 2.75) is 38.1 Å². The van der Waals surface area contributed by atoms with E-state index in [0.29, 0.717) is 16.7 Å². The number of hydrogen-bond acceptors (Lipinski definition) is 7. The van der Waals surface area contributed by atoms with Crippen LogP contribution in [-0.2, 0) is 11.4 Å². The van der Waals surface area contributed by atoms with Crippen LogP contribution in [0.15, 0.2) is 29.4 Å². The van der Waals surface area contributed by atoms with Gasteiger partial charge in [0.15, 0.2) is 5.82 Å². The zero-order valence-electron chi connectivity index (χ0n) is 15.3. The predicted molar refractivity (Wildman–Crippen MR) is 98.6 cm³/mol. The number of hydrogen-bond donors (Lipinski definition) is 2. The van der Waals surface area contributed by atoms with Gasteiger partial charge in [-0.25, -0.2) is 9.07 Å². The van der Waals surface area contributed by atoms with Crippen LogP contribution in [0.25, 0.3) is 0 Å². The third-order valence-electron chi connectivity index (χ3n) is 4.04. The minimum Gasteiger partial charge on any atom is -0.486 e. The van der Waals surface area contributed by atoms with Gasteiger partial charge < -0.3 is 15.9 Å². The van der Waals surface area contributed by atoms with E-state index in [1.807, 2.05) is 13.8 Å². The molecule has 0 bridgehead atoms. The molecule has 0 fully saturated rings. The molecule has 0 saturated carbocycles. The van der Waals surface area contributed by atoms with Crippen LogP contribution in [0.2, 0.25) is 0 Å². The second kappa shape index (κ2) is 8.73. The third kappa shape index (κ3) is 5.34. The lowest BCUT2D eigenvalue weighted by molar-refractivity contribution is -0.120. The van der Waals surface area contributed by atoms with Crippen LogP contribution < -0.4 is 15.9 Å². The molecule has 0 aliphatic carbocycles. The molecule has 1 aromatic carbocycles. The van der Waals surface area contributed by atoms with Crippen molar-refractivity contribution >= 4 is 17.7 Å². The summed E-state index contributed by atoms with van der Waals surface area (Å²) in [6.45, 7) is 5.44. The van der Waals surface area contributed by atoms with Crippen LogP contribution in [0.5, 0.6) is 5.75 Å². The number of ether oxygens (including phenoxy) is 1. The number of nitrogens with zero attached hydrogens (tertiary/aromatic N) is 4. The number of amides is 1. The SMILES string of the molecule is CC(C)[C@@](C)(C#N)NC(=O)CSc1nnc(COc2ccc(F)cc2)n1N. The first-order valence-corrected chi connectivity index (χ1v) is 9.16. The molecule has 0 unspecified atom stereocenters. The number of nitrogens with one attached hydrogen (secondary N) is 1. The molecule has 3 N–H and O–H groups in total. The van der Waals surface area contributed by atoms with Crippen molar-refractivity contribution in [2.75, 3.05) is 11.6 Å². The van der Waals surface area contributed by atoms with E-state index in [9.17, 15) is 14.4 Å². The Morgan fingerprint density at radius 1 is 1.44 bits per heavy atom. The maximum atomic E-state index is 12.9. The lowest BCUT2D eigenvalue weighted by atomic mass is 9.90. The molecule has 2 aromatic rings. The summed E-state index contributed by atoms with van der Waals surface area (Å²) >= 11 is 1.10. The number of carbonyl (C=O) groups is 1. The zero-order valence-corrected chi connectivity index (χ0v) is 16.1. The van der Waals surface area contributed by atoms with E-state index in [0.717, 1.165) is 11.8 Å². The summed E-state index contributed by atoms with van der Waals surface area (Å²) in [5, 5.41) is 20.2. The molecule has 0 spiro atoms. The highest BCUT2D eigenvalue weighted by Crippen LogP contribution is 2.19. The maximum Gasteiger partial charge on any atom is 0.231 e. The van der Waals surface area contributed by atoms with Crippen LogP contribution in [-0.4, -0.2) is 32.1 Å². The summed E-state index contributed by atoms with van der Waals surface area (Å²) in [7, 11) is 0. The van der Waals surface area contributed by atoms with E-state index in [-0.39, 0.29) is 30.0 Å². The number of nitriles is 1. The van der Waals surface area contributed by atoms with Crippen molar-refractivity contribution in [3.8, 4) is 11.8 Å². The third-order valence-corrected chi connectivity index (χ3v) is 4.98. The van der Waals surface area contributed by atoms with Crippen LogP contribution in [0.4, 0.5) is 4.39 Å². The average Bonchev–Trinajstić information content (AvgIpc) is 2.99. The highest BCUT2D eigenvalue weighted by Gasteiger charge is 2.30. The Bertz CT molecular complexity index is 833. The quantitative estimate of drug-likeness (QED) is 0.520. The molecule has 1 atom stereocenters. The fourth-order valence-electron chi connectivity index (χ4n) is 1.94. The molecule has 0 radical (unpaired) electrons. The van der Waals surface area contributed by atoms with Crippen molar-refractivity contribution < 1.29 is 13.9 Å². The van der Waals surface area contributed by atoms with Crippen molar-refractivity contribution in [2.24, 2.45) is 5.92 Å². The normalized spacial score (nSPS) is 13.0. The molecule has 27 heavy (non-hydrogen) atoms. The largest absolute Gasteiger partial charge is 0.486 e. The molecule has 0 aliphatic heterocycles. The minimum atomic E-state index is -0.942. The molecule has 0 aliphatic rings. The average molecular weight is 392 g/mol. The van der Waals surface area contributed by atoms with Gasteiger partial charge in [-0.3, -0.25) is 4.79 Å². The zero-order chi connectivity index (χ0) is 20.0. The number of nitrogen functional groups attached to an aromatic ring is 1. The number of rotatable bonds is 8. The van der Waals surface area contributed by atoms with Gasteiger partial charge in [0.1, 0.15) is 23.7 Å². The highest BCUT2D eigenvalue weighted by molar-refractivity contribution is 7.99. The number of carbonyl (C=O) groups excluding carboxylic acids is 1. The summed E-state index contributed by atoms with van der Waals surface area (Å²) in [5.41, 5.74) is -0.942.